The largest absolute Gasteiger partial charge is 0.478 e. The van der Waals surface area contributed by atoms with Crippen molar-refractivity contribution >= 4 is 23.9 Å². The molecule has 0 radical (unpaired) electrons. The van der Waals surface area contributed by atoms with Crippen molar-refractivity contribution in [3.05, 3.63) is 34.4 Å². The van der Waals surface area contributed by atoms with E-state index in [2.05, 4.69) is 27.7 Å². The highest BCUT2D eigenvalue weighted by Gasteiger charge is 2.48. The predicted molar refractivity (Wildman–Crippen MR) is 217 cm³/mol. The third kappa shape index (κ3) is 20.9. The molecule has 0 saturated carbocycles. The van der Waals surface area contributed by atoms with E-state index in [1.807, 2.05) is 0 Å². The van der Waals surface area contributed by atoms with Crippen molar-refractivity contribution in [3.8, 4) is 0 Å². The summed E-state index contributed by atoms with van der Waals surface area (Å²) in [5, 5.41) is 29.5. The van der Waals surface area contributed by atoms with Crippen LogP contribution in [0.5, 0.6) is 0 Å². The second-order valence-corrected chi connectivity index (χ2v) is 14.7. The maximum absolute atomic E-state index is 14.0. The van der Waals surface area contributed by atoms with Crippen LogP contribution in [0.15, 0.2) is 12.1 Å². The molecule has 56 heavy (non-hydrogen) atoms. The average molecular weight is 795 g/mol. The Balaban J connectivity index is 3.63. The first-order valence-corrected chi connectivity index (χ1v) is 21.7. The van der Waals surface area contributed by atoms with Crippen LogP contribution >= 0.6 is 0 Å². The Morgan fingerprint density at radius 1 is 0.446 bits per heavy atom. The fourth-order valence-corrected chi connectivity index (χ4v) is 6.36. The quantitative estimate of drug-likeness (QED) is 0.0329. The van der Waals surface area contributed by atoms with Crippen LogP contribution in [0.3, 0.4) is 0 Å². The summed E-state index contributed by atoms with van der Waals surface area (Å²) in [6.45, 7) is 9.42. The molecule has 0 spiro atoms. The SMILES string of the molecule is CCCCCCCCOC(OC(=O)c1cc(C(=O)O)c(C(=O)O)cc1C(=O)O)C(OCCCCCCCC)(OCCCCCCCC)OCCCCCCCC. The van der Waals surface area contributed by atoms with Crippen LogP contribution in [-0.2, 0) is 23.7 Å². The Bertz CT molecular complexity index is 1190. The van der Waals surface area contributed by atoms with Crippen molar-refractivity contribution in [1.29, 1.82) is 0 Å². The summed E-state index contributed by atoms with van der Waals surface area (Å²) in [7, 11) is 0. The Kier molecular flexibility index (Phi) is 29.1. The zero-order valence-corrected chi connectivity index (χ0v) is 35.0. The van der Waals surface area contributed by atoms with Gasteiger partial charge in [-0.25, -0.2) is 19.2 Å². The Morgan fingerprint density at radius 3 is 1.07 bits per heavy atom. The summed E-state index contributed by atoms with van der Waals surface area (Å²) in [5.74, 6) is -8.18. The number of aromatic carboxylic acids is 3. The van der Waals surface area contributed by atoms with E-state index in [0.717, 1.165) is 134 Å². The van der Waals surface area contributed by atoms with E-state index >= 15 is 0 Å². The summed E-state index contributed by atoms with van der Waals surface area (Å²) < 4.78 is 31.7. The molecule has 0 aliphatic rings. The van der Waals surface area contributed by atoms with E-state index in [-0.39, 0.29) is 26.4 Å². The first-order chi connectivity index (χ1) is 27.1. The van der Waals surface area contributed by atoms with Gasteiger partial charge < -0.3 is 39.0 Å². The lowest BCUT2D eigenvalue weighted by Crippen LogP contribution is -2.54. The number of carboxylic acid groups (broad SMARTS) is 3. The molecule has 0 amide bonds. The van der Waals surface area contributed by atoms with Gasteiger partial charge in [0.15, 0.2) is 0 Å². The Morgan fingerprint density at radius 2 is 0.732 bits per heavy atom. The molecule has 1 aromatic rings. The maximum Gasteiger partial charge on any atom is 0.349 e. The average Bonchev–Trinajstić information content (AvgIpc) is 3.17. The fourth-order valence-electron chi connectivity index (χ4n) is 6.36. The van der Waals surface area contributed by atoms with Gasteiger partial charge in [-0.15, -0.1) is 0 Å². The van der Waals surface area contributed by atoms with Crippen molar-refractivity contribution in [2.75, 3.05) is 26.4 Å². The normalized spacial score (nSPS) is 12.1. The van der Waals surface area contributed by atoms with Crippen molar-refractivity contribution in [1.82, 2.24) is 0 Å². The van der Waals surface area contributed by atoms with Crippen LogP contribution in [0.2, 0.25) is 0 Å². The van der Waals surface area contributed by atoms with E-state index in [9.17, 15) is 34.5 Å². The number of unbranched alkanes of at least 4 members (excludes halogenated alkanes) is 20. The smallest absolute Gasteiger partial charge is 0.349 e. The zero-order chi connectivity index (χ0) is 41.4. The van der Waals surface area contributed by atoms with E-state index in [4.69, 9.17) is 23.7 Å². The molecule has 1 aromatic carbocycles. The van der Waals surface area contributed by atoms with Crippen molar-refractivity contribution in [2.24, 2.45) is 0 Å². The molecule has 0 fully saturated rings. The molecule has 12 nitrogen and oxygen atoms in total. The molecule has 0 aromatic heterocycles. The monoisotopic (exact) mass is 795 g/mol. The molecule has 0 aliphatic carbocycles. The predicted octanol–water partition coefficient (Wildman–Crippen LogP) is 11.4. The van der Waals surface area contributed by atoms with Crippen molar-refractivity contribution in [2.45, 2.75) is 194 Å². The number of hydrogen-bond acceptors (Lipinski definition) is 9. The number of rotatable bonds is 38. The minimum absolute atomic E-state index is 0.150. The summed E-state index contributed by atoms with van der Waals surface area (Å²) in [5.41, 5.74) is -2.91. The molecule has 0 bridgehead atoms. The molecule has 3 N–H and O–H groups in total. The fraction of sp³-hybridized carbons (Fsp3) is 0.773. The number of benzene rings is 1. The first-order valence-electron chi connectivity index (χ1n) is 21.7. The lowest BCUT2D eigenvalue weighted by molar-refractivity contribution is -0.449. The van der Waals surface area contributed by atoms with Gasteiger partial charge in [0.2, 0.25) is 0 Å². The van der Waals surface area contributed by atoms with Crippen LogP contribution in [0.25, 0.3) is 0 Å². The maximum atomic E-state index is 14.0. The second-order valence-electron chi connectivity index (χ2n) is 14.7. The summed E-state index contributed by atoms with van der Waals surface area (Å²) >= 11 is 0. The lowest BCUT2D eigenvalue weighted by Gasteiger charge is -2.38. The van der Waals surface area contributed by atoms with E-state index < -0.39 is 58.4 Å². The van der Waals surface area contributed by atoms with Gasteiger partial charge in [-0.2, -0.15) is 0 Å². The standard InChI is InChI=1S/C44H74O12/c1-5-9-13-17-21-25-29-52-43(56-42(51)38-34-36(40(47)48)35(39(45)46)33-37(38)41(49)50)44(53-30-26-22-18-14-10-6-2,54-31-27-23-19-15-11-7-3)55-32-28-24-20-16-12-8-4/h33-34,43H,5-32H2,1-4H3,(H,45,46)(H,47,48)(H,49,50). The number of carbonyl (C=O) groups is 4. The van der Waals surface area contributed by atoms with Gasteiger partial charge in [-0.05, 0) is 37.8 Å². The number of carbonyl (C=O) groups excluding carboxylic acids is 1. The van der Waals surface area contributed by atoms with Crippen molar-refractivity contribution in [3.63, 3.8) is 0 Å². The first kappa shape index (κ1) is 51.0. The Hall–Kier alpha value is -3.06. The minimum Gasteiger partial charge on any atom is -0.478 e. The molecule has 0 aliphatic heterocycles. The minimum atomic E-state index is -2.01. The number of ether oxygens (including phenoxy) is 5. The number of carboxylic acids is 3. The molecule has 1 atom stereocenters. The van der Waals surface area contributed by atoms with Gasteiger partial charge in [-0.1, -0.05) is 156 Å². The summed E-state index contributed by atoms with van der Waals surface area (Å²) in [6, 6.07) is 1.37. The zero-order valence-electron chi connectivity index (χ0n) is 35.0. The van der Waals surface area contributed by atoms with Gasteiger partial charge in [0.05, 0.1) is 48.7 Å². The Labute approximate surface area is 336 Å². The van der Waals surface area contributed by atoms with Gasteiger partial charge in [0, 0.05) is 0 Å². The molecule has 12 heteroatoms. The van der Waals surface area contributed by atoms with E-state index in [1.165, 1.54) is 0 Å². The van der Waals surface area contributed by atoms with Crippen molar-refractivity contribution < 1.29 is 58.2 Å². The van der Waals surface area contributed by atoms with Crippen LogP contribution in [0, 0.1) is 0 Å². The molecular formula is C44H74O12. The lowest BCUT2D eigenvalue weighted by atomic mass is 9.98. The highest BCUT2D eigenvalue weighted by Crippen LogP contribution is 2.30. The van der Waals surface area contributed by atoms with Gasteiger partial charge >= 0.3 is 29.9 Å². The molecule has 0 heterocycles. The van der Waals surface area contributed by atoms with Crippen LogP contribution < -0.4 is 0 Å². The molecule has 1 rings (SSSR count). The topological polar surface area (TPSA) is 175 Å². The van der Waals surface area contributed by atoms with E-state index in [1.54, 1.807) is 0 Å². The third-order valence-electron chi connectivity index (χ3n) is 9.74. The molecule has 322 valence electrons. The molecule has 1 unspecified atom stereocenters. The van der Waals surface area contributed by atoms with Crippen LogP contribution in [0.1, 0.15) is 223 Å². The van der Waals surface area contributed by atoms with Gasteiger partial charge in [-0.3, -0.25) is 0 Å². The highest BCUT2D eigenvalue weighted by atomic mass is 16.9. The number of hydrogen-bond donors (Lipinski definition) is 3. The highest BCUT2D eigenvalue weighted by molar-refractivity contribution is 6.09. The summed E-state index contributed by atoms with van der Waals surface area (Å²) in [4.78, 5) is 50.3. The third-order valence-corrected chi connectivity index (χ3v) is 9.74. The molecule has 0 saturated heterocycles. The van der Waals surface area contributed by atoms with Crippen LogP contribution in [0.4, 0.5) is 0 Å². The van der Waals surface area contributed by atoms with Crippen LogP contribution in [-0.4, -0.2) is 77.9 Å². The molecular weight excluding hydrogens is 720 g/mol. The van der Waals surface area contributed by atoms with Gasteiger partial charge in [0.1, 0.15) is 0 Å². The second kappa shape index (κ2) is 32.0. The summed E-state index contributed by atoms with van der Waals surface area (Å²) in [6.07, 6.45) is 22.2. The number of esters is 1. The van der Waals surface area contributed by atoms with E-state index in [0.29, 0.717) is 31.7 Å². The van der Waals surface area contributed by atoms with Gasteiger partial charge in [0.25, 0.3) is 6.29 Å².